The summed E-state index contributed by atoms with van der Waals surface area (Å²) >= 11 is 0. The molecule has 3 rings (SSSR count). The number of hydrogen-bond donors (Lipinski definition) is 3. The van der Waals surface area contributed by atoms with Crippen LogP contribution in [0, 0.1) is 19.7 Å². The zero-order valence-electron chi connectivity index (χ0n) is 15.1. The largest absolute Gasteiger partial charge is 0.367 e. The number of aryl methyl sites for hydroxylation is 1. The molecule has 0 spiro atoms. The lowest BCUT2D eigenvalue weighted by atomic mass is 10.1. The highest BCUT2D eigenvalue weighted by Gasteiger charge is 2.26. The van der Waals surface area contributed by atoms with Crippen LogP contribution in [0.15, 0.2) is 23.0 Å². The molecule has 3 N–H and O–H groups in total. The van der Waals surface area contributed by atoms with E-state index in [1.165, 1.54) is 10.6 Å². The van der Waals surface area contributed by atoms with Crippen molar-refractivity contribution in [2.45, 2.75) is 27.7 Å². The van der Waals surface area contributed by atoms with Gasteiger partial charge in [-0.3, -0.25) is 14.2 Å². The summed E-state index contributed by atoms with van der Waals surface area (Å²) < 4.78 is 15.4. The maximum atomic E-state index is 14.1. The molecule has 0 unspecified atom stereocenters. The second-order valence-electron chi connectivity index (χ2n) is 5.56. The standard InChI is InChI=1S/C16H17FN4O2.C2H6/c1-8-4-5-11(10(17)6-8)20-14-12-13(18-7-19-15(12)22)9(2)16(23)21(14)3;1-2/h4-6,18,20H,7H2,1-3H3,(H,19,22);1-2H3. The highest BCUT2D eigenvalue weighted by atomic mass is 19.1. The number of carbonyl (C=O) groups is 1. The molecule has 1 aliphatic rings. The molecule has 1 aromatic carbocycles. The predicted octanol–water partition coefficient (Wildman–Crippen LogP) is 3.02. The molecule has 0 atom stereocenters. The first-order chi connectivity index (χ1) is 11.9. The molecule has 6 nitrogen and oxygen atoms in total. The Morgan fingerprint density at radius 2 is 1.84 bits per heavy atom. The Bertz CT molecular complexity index is 874. The van der Waals surface area contributed by atoms with Crippen LogP contribution in [-0.4, -0.2) is 17.1 Å². The van der Waals surface area contributed by atoms with Crippen LogP contribution in [0.25, 0.3) is 0 Å². The van der Waals surface area contributed by atoms with E-state index in [0.29, 0.717) is 16.8 Å². The Balaban J connectivity index is 0.00000109. The van der Waals surface area contributed by atoms with E-state index in [4.69, 9.17) is 0 Å². The van der Waals surface area contributed by atoms with Crippen LogP contribution in [0.1, 0.15) is 35.3 Å². The van der Waals surface area contributed by atoms with E-state index in [2.05, 4.69) is 16.0 Å². The maximum absolute atomic E-state index is 14.1. The summed E-state index contributed by atoms with van der Waals surface area (Å²) in [6.45, 7) is 7.69. The lowest BCUT2D eigenvalue weighted by Crippen LogP contribution is -2.39. The molecule has 1 amide bonds. The summed E-state index contributed by atoms with van der Waals surface area (Å²) in [5.41, 5.74) is 1.97. The van der Waals surface area contributed by atoms with Crippen molar-refractivity contribution in [1.82, 2.24) is 9.88 Å². The second-order valence-corrected chi connectivity index (χ2v) is 5.56. The van der Waals surface area contributed by atoms with Gasteiger partial charge in [0.2, 0.25) is 0 Å². The van der Waals surface area contributed by atoms with Gasteiger partial charge in [-0.15, -0.1) is 0 Å². The van der Waals surface area contributed by atoms with Crippen LogP contribution < -0.4 is 21.5 Å². The zero-order valence-corrected chi connectivity index (χ0v) is 15.1. The van der Waals surface area contributed by atoms with Gasteiger partial charge in [0, 0.05) is 12.6 Å². The number of carbonyl (C=O) groups excluding carboxylic acids is 1. The van der Waals surface area contributed by atoms with Gasteiger partial charge in [-0.05, 0) is 31.5 Å². The fourth-order valence-electron chi connectivity index (χ4n) is 2.67. The Morgan fingerprint density at radius 3 is 2.48 bits per heavy atom. The number of pyridine rings is 1. The molecule has 0 fully saturated rings. The Kier molecular flexibility index (Phi) is 5.46. The molecule has 0 saturated carbocycles. The van der Waals surface area contributed by atoms with Crippen molar-refractivity contribution in [2.24, 2.45) is 7.05 Å². The fraction of sp³-hybridized carbons (Fsp3) is 0.333. The topological polar surface area (TPSA) is 75.2 Å². The Labute approximate surface area is 146 Å². The lowest BCUT2D eigenvalue weighted by molar-refractivity contribution is 0.0953. The van der Waals surface area contributed by atoms with E-state index in [1.807, 2.05) is 13.8 Å². The lowest BCUT2D eigenvalue weighted by Gasteiger charge is -2.25. The first-order valence-electron chi connectivity index (χ1n) is 8.19. The van der Waals surface area contributed by atoms with Crippen LogP contribution in [-0.2, 0) is 7.05 Å². The van der Waals surface area contributed by atoms with Gasteiger partial charge in [0.1, 0.15) is 17.2 Å². The molecular weight excluding hydrogens is 323 g/mol. The summed E-state index contributed by atoms with van der Waals surface area (Å²) in [5.74, 6) is -0.508. The third kappa shape index (κ3) is 3.35. The van der Waals surface area contributed by atoms with Crippen LogP contribution >= 0.6 is 0 Å². The minimum Gasteiger partial charge on any atom is -0.367 e. The summed E-state index contributed by atoms with van der Waals surface area (Å²) in [5, 5.41) is 8.54. The number of amides is 1. The number of nitrogens with zero attached hydrogens (tertiary/aromatic N) is 1. The normalized spacial score (nSPS) is 12.3. The first kappa shape index (κ1) is 18.5. The van der Waals surface area contributed by atoms with Gasteiger partial charge in [0.05, 0.1) is 18.0 Å². The van der Waals surface area contributed by atoms with E-state index in [9.17, 15) is 14.0 Å². The quantitative estimate of drug-likeness (QED) is 0.781. The Hall–Kier alpha value is -2.83. The van der Waals surface area contributed by atoms with Gasteiger partial charge >= 0.3 is 0 Å². The molecule has 2 heterocycles. The summed E-state index contributed by atoms with van der Waals surface area (Å²) in [6.07, 6.45) is 0. The number of fused-ring (bicyclic) bond motifs is 1. The number of hydrogen-bond acceptors (Lipinski definition) is 4. The molecule has 0 radical (unpaired) electrons. The van der Waals surface area contributed by atoms with Crippen LogP contribution in [0.3, 0.4) is 0 Å². The van der Waals surface area contributed by atoms with Gasteiger partial charge in [-0.1, -0.05) is 19.9 Å². The van der Waals surface area contributed by atoms with Gasteiger partial charge in [-0.25, -0.2) is 4.39 Å². The van der Waals surface area contributed by atoms with Crippen molar-refractivity contribution in [3.63, 3.8) is 0 Å². The van der Waals surface area contributed by atoms with Crippen LogP contribution in [0.5, 0.6) is 0 Å². The molecule has 0 aliphatic carbocycles. The molecular formula is C18H23FN4O2. The van der Waals surface area contributed by atoms with Crippen LogP contribution in [0.2, 0.25) is 0 Å². The van der Waals surface area contributed by atoms with E-state index < -0.39 is 5.82 Å². The molecule has 25 heavy (non-hydrogen) atoms. The summed E-state index contributed by atoms with van der Waals surface area (Å²) in [4.78, 5) is 24.6. The van der Waals surface area contributed by atoms with Crippen molar-refractivity contribution >= 4 is 23.1 Å². The number of anilines is 3. The van der Waals surface area contributed by atoms with Gasteiger partial charge in [-0.2, -0.15) is 0 Å². The third-order valence-corrected chi connectivity index (χ3v) is 3.94. The fourth-order valence-corrected chi connectivity index (χ4v) is 2.67. The van der Waals surface area contributed by atoms with E-state index in [-0.39, 0.29) is 29.6 Å². The predicted molar refractivity (Wildman–Crippen MR) is 98.1 cm³/mol. The molecule has 134 valence electrons. The number of nitrogens with one attached hydrogen (secondary N) is 3. The molecule has 2 aromatic rings. The minimum absolute atomic E-state index is 0.204. The number of halogens is 1. The van der Waals surface area contributed by atoms with E-state index in [0.717, 1.165) is 5.56 Å². The molecule has 0 saturated heterocycles. The monoisotopic (exact) mass is 346 g/mol. The van der Waals surface area contributed by atoms with Crippen molar-refractivity contribution < 1.29 is 9.18 Å². The summed E-state index contributed by atoms with van der Waals surface area (Å²) in [7, 11) is 1.55. The average Bonchev–Trinajstić information content (AvgIpc) is 2.60. The smallest absolute Gasteiger partial charge is 0.258 e. The molecule has 0 bridgehead atoms. The van der Waals surface area contributed by atoms with Gasteiger partial charge in [0.15, 0.2) is 0 Å². The van der Waals surface area contributed by atoms with Crippen LogP contribution in [0.4, 0.5) is 21.6 Å². The molecule has 1 aromatic heterocycles. The highest BCUT2D eigenvalue weighted by molar-refractivity contribution is 6.06. The Morgan fingerprint density at radius 1 is 1.16 bits per heavy atom. The average molecular weight is 346 g/mol. The van der Waals surface area contributed by atoms with Gasteiger partial charge < -0.3 is 16.0 Å². The molecule has 1 aliphatic heterocycles. The second kappa shape index (κ2) is 7.38. The number of rotatable bonds is 2. The van der Waals surface area contributed by atoms with Crippen molar-refractivity contribution in [3.8, 4) is 0 Å². The SMILES string of the molecule is CC.Cc1ccc(Nc2c3c(c(C)c(=O)n2C)NCNC3=O)c(F)c1. The van der Waals surface area contributed by atoms with E-state index >= 15 is 0 Å². The van der Waals surface area contributed by atoms with Crippen molar-refractivity contribution in [3.05, 3.63) is 51.1 Å². The third-order valence-electron chi connectivity index (χ3n) is 3.94. The van der Waals surface area contributed by atoms with Gasteiger partial charge in [0.25, 0.3) is 11.5 Å². The summed E-state index contributed by atoms with van der Waals surface area (Å²) in [6, 6.07) is 4.72. The number of benzene rings is 1. The van der Waals surface area contributed by atoms with Crippen molar-refractivity contribution in [2.75, 3.05) is 17.3 Å². The first-order valence-corrected chi connectivity index (χ1v) is 8.19. The maximum Gasteiger partial charge on any atom is 0.258 e. The number of aromatic nitrogens is 1. The minimum atomic E-state index is -0.448. The zero-order chi connectivity index (χ0) is 18.7. The van der Waals surface area contributed by atoms with E-state index in [1.54, 1.807) is 33.0 Å². The highest BCUT2D eigenvalue weighted by Crippen LogP contribution is 2.30. The van der Waals surface area contributed by atoms with Crippen molar-refractivity contribution in [1.29, 1.82) is 0 Å². The molecule has 7 heteroatoms.